The highest BCUT2D eigenvalue weighted by Crippen LogP contribution is 2.14. The lowest BCUT2D eigenvalue weighted by Crippen LogP contribution is -2.43. The summed E-state index contributed by atoms with van der Waals surface area (Å²) in [7, 11) is 0. The molecule has 0 aliphatic carbocycles. The van der Waals surface area contributed by atoms with E-state index in [0.29, 0.717) is 16.6 Å². The van der Waals surface area contributed by atoms with Crippen LogP contribution >= 0.6 is 12.2 Å². The number of carbonyl (C=O) groups is 1. The molecule has 0 fully saturated rings. The lowest BCUT2D eigenvalue weighted by Gasteiger charge is -2.14. The first-order valence-electron chi connectivity index (χ1n) is 6.65. The molecule has 0 aliphatic rings. The number of nitrogens with one attached hydrogen (secondary N) is 2. The lowest BCUT2D eigenvalue weighted by atomic mass is 10.0. The van der Waals surface area contributed by atoms with Crippen molar-refractivity contribution in [2.45, 2.75) is 46.1 Å². The van der Waals surface area contributed by atoms with Crippen LogP contribution in [0.25, 0.3) is 0 Å². The third-order valence-corrected chi connectivity index (χ3v) is 3.28. The van der Waals surface area contributed by atoms with Crippen LogP contribution in [0.1, 0.15) is 56.0 Å². The standard InChI is InChI=1S/C15H22N2OS/c1-5-11(4)16-15(19)17-14(18)13-8-6-12(7-9-13)10(2)3/h6-11H,5H2,1-4H3,(H2,16,17,18,19). The monoisotopic (exact) mass is 278 g/mol. The number of amides is 1. The van der Waals surface area contributed by atoms with Gasteiger partial charge >= 0.3 is 0 Å². The minimum absolute atomic E-state index is 0.170. The quantitative estimate of drug-likeness (QED) is 0.831. The Balaban J connectivity index is 2.60. The van der Waals surface area contributed by atoms with Gasteiger partial charge in [0, 0.05) is 11.6 Å². The fourth-order valence-corrected chi connectivity index (χ4v) is 1.85. The van der Waals surface area contributed by atoms with Crippen molar-refractivity contribution in [3.05, 3.63) is 35.4 Å². The smallest absolute Gasteiger partial charge is 0.257 e. The van der Waals surface area contributed by atoms with E-state index in [-0.39, 0.29) is 11.9 Å². The van der Waals surface area contributed by atoms with E-state index in [1.165, 1.54) is 5.56 Å². The lowest BCUT2D eigenvalue weighted by molar-refractivity contribution is 0.0976. The largest absolute Gasteiger partial charge is 0.360 e. The molecule has 0 spiro atoms. The van der Waals surface area contributed by atoms with Gasteiger partial charge in [-0.3, -0.25) is 10.1 Å². The molecule has 0 saturated heterocycles. The van der Waals surface area contributed by atoms with E-state index in [4.69, 9.17) is 12.2 Å². The van der Waals surface area contributed by atoms with Gasteiger partial charge < -0.3 is 5.32 Å². The molecular weight excluding hydrogens is 256 g/mol. The average molecular weight is 278 g/mol. The van der Waals surface area contributed by atoms with Crippen LogP contribution in [0.3, 0.4) is 0 Å². The normalized spacial score (nSPS) is 12.1. The molecule has 0 heterocycles. The van der Waals surface area contributed by atoms with E-state index in [2.05, 4.69) is 31.4 Å². The van der Waals surface area contributed by atoms with Crippen molar-refractivity contribution in [3.63, 3.8) is 0 Å². The molecule has 0 radical (unpaired) electrons. The molecule has 1 unspecified atom stereocenters. The van der Waals surface area contributed by atoms with Gasteiger partial charge in [0.05, 0.1) is 0 Å². The number of hydrogen-bond donors (Lipinski definition) is 2. The predicted molar refractivity (Wildman–Crippen MR) is 83.5 cm³/mol. The van der Waals surface area contributed by atoms with Crippen molar-refractivity contribution in [3.8, 4) is 0 Å². The van der Waals surface area contributed by atoms with Crippen LogP contribution in [0.15, 0.2) is 24.3 Å². The number of carbonyl (C=O) groups excluding carboxylic acids is 1. The Labute approximate surface area is 120 Å². The molecule has 1 aromatic carbocycles. The predicted octanol–water partition coefficient (Wildman–Crippen LogP) is 3.21. The second kappa shape index (κ2) is 7.24. The molecule has 104 valence electrons. The summed E-state index contributed by atoms with van der Waals surface area (Å²) in [5, 5.41) is 6.13. The minimum atomic E-state index is -0.170. The van der Waals surface area contributed by atoms with E-state index in [1.807, 2.05) is 31.2 Å². The molecule has 1 amide bonds. The van der Waals surface area contributed by atoms with Gasteiger partial charge in [-0.2, -0.15) is 0 Å². The van der Waals surface area contributed by atoms with Crippen LogP contribution < -0.4 is 10.6 Å². The SMILES string of the molecule is CCC(C)NC(=S)NC(=O)c1ccc(C(C)C)cc1. The molecule has 1 aromatic rings. The van der Waals surface area contributed by atoms with E-state index < -0.39 is 0 Å². The molecule has 0 saturated carbocycles. The summed E-state index contributed by atoms with van der Waals surface area (Å²) < 4.78 is 0. The van der Waals surface area contributed by atoms with Crippen LogP contribution in [0.2, 0.25) is 0 Å². The summed E-state index contributed by atoms with van der Waals surface area (Å²) in [6, 6.07) is 7.87. The van der Waals surface area contributed by atoms with E-state index in [9.17, 15) is 4.79 Å². The Morgan fingerprint density at radius 3 is 2.26 bits per heavy atom. The second-order valence-electron chi connectivity index (χ2n) is 5.01. The molecule has 0 bridgehead atoms. The van der Waals surface area contributed by atoms with Crippen LogP contribution in [0, 0.1) is 0 Å². The highest BCUT2D eigenvalue weighted by molar-refractivity contribution is 7.80. The third-order valence-electron chi connectivity index (χ3n) is 3.06. The van der Waals surface area contributed by atoms with Gasteiger partial charge in [0.1, 0.15) is 0 Å². The summed E-state index contributed by atoms with van der Waals surface area (Å²) >= 11 is 5.10. The van der Waals surface area contributed by atoms with Crippen molar-refractivity contribution in [1.82, 2.24) is 10.6 Å². The maximum absolute atomic E-state index is 12.0. The topological polar surface area (TPSA) is 41.1 Å². The Bertz CT molecular complexity index is 440. The summed E-state index contributed by atoms with van der Waals surface area (Å²) in [4.78, 5) is 12.0. The first kappa shape index (κ1) is 15.6. The third kappa shape index (κ3) is 4.99. The van der Waals surface area contributed by atoms with Crippen molar-refractivity contribution >= 4 is 23.2 Å². The Hall–Kier alpha value is -1.42. The van der Waals surface area contributed by atoms with Gasteiger partial charge in [-0.1, -0.05) is 32.9 Å². The number of thiocarbonyl (C=S) groups is 1. The van der Waals surface area contributed by atoms with Crippen molar-refractivity contribution in [2.75, 3.05) is 0 Å². The van der Waals surface area contributed by atoms with Crippen molar-refractivity contribution in [1.29, 1.82) is 0 Å². The highest BCUT2D eigenvalue weighted by atomic mass is 32.1. The van der Waals surface area contributed by atoms with Gasteiger partial charge in [-0.05, 0) is 49.2 Å². The minimum Gasteiger partial charge on any atom is -0.360 e. The fraction of sp³-hybridized carbons (Fsp3) is 0.467. The van der Waals surface area contributed by atoms with Crippen LogP contribution in [0.4, 0.5) is 0 Å². The van der Waals surface area contributed by atoms with E-state index in [0.717, 1.165) is 6.42 Å². The van der Waals surface area contributed by atoms with Gasteiger partial charge in [-0.15, -0.1) is 0 Å². The summed E-state index contributed by atoms with van der Waals surface area (Å²) in [6.45, 7) is 8.34. The van der Waals surface area contributed by atoms with Gasteiger partial charge in [0.2, 0.25) is 0 Å². The molecule has 0 aliphatic heterocycles. The average Bonchev–Trinajstić information content (AvgIpc) is 2.38. The van der Waals surface area contributed by atoms with Crippen molar-refractivity contribution < 1.29 is 4.79 Å². The highest BCUT2D eigenvalue weighted by Gasteiger charge is 2.09. The summed E-state index contributed by atoms with van der Waals surface area (Å²) in [5.74, 6) is 0.293. The Morgan fingerprint density at radius 1 is 1.21 bits per heavy atom. The molecule has 1 atom stereocenters. The maximum atomic E-state index is 12.0. The Morgan fingerprint density at radius 2 is 1.79 bits per heavy atom. The van der Waals surface area contributed by atoms with E-state index in [1.54, 1.807) is 0 Å². The zero-order valence-electron chi connectivity index (χ0n) is 12.0. The molecule has 3 nitrogen and oxygen atoms in total. The molecule has 19 heavy (non-hydrogen) atoms. The first-order valence-corrected chi connectivity index (χ1v) is 7.06. The fourth-order valence-electron chi connectivity index (χ4n) is 1.56. The van der Waals surface area contributed by atoms with E-state index >= 15 is 0 Å². The molecule has 2 N–H and O–H groups in total. The van der Waals surface area contributed by atoms with Gasteiger partial charge in [-0.25, -0.2) is 0 Å². The Kier molecular flexibility index (Phi) is 5.96. The van der Waals surface area contributed by atoms with Crippen LogP contribution in [-0.2, 0) is 0 Å². The number of rotatable bonds is 4. The second-order valence-corrected chi connectivity index (χ2v) is 5.42. The molecule has 0 aromatic heterocycles. The first-order chi connectivity index (χ1) is 8.93. The maximum Gasteiger partial charge on any atom is 0.257 e. The zero-order valence-corrected chi connectivity index (χ0v) is 12.8. The van der Waals surface area contributed by atoms with Crippen LogP contribution in [-0.4, -0.2) is 17.1 Å². The van der Waals surface area contributed by atoms with Gasteiger partial charge in [0.25, 0.3) is 5.91 Å². The van der Waals surface area contributed by atoms with Crippen LogP contribution in [0.5, 0.6) is 0 Å². The number of benzene rings is 1. The molecule has 1 rings (SSSR count). The molecule has 4 heteroatoms. The summed E-state index contributed by atoms with van der Waals surface area (Å²) in [6.07, 6.45) is 0.957. The summed E-state index contributed by atoms with van der Waals surface area (Å²) in [5.41, 5.74) is 1.84. The van der Waals surface area contributed by atoms with Crippen molar-refractivity contribution in [2.24, 2.45) is 0 Å². The molecular formula is C15H22N2OS. The zero-order chi connectivity index (χ0) is 14.4. The van der Waals surface area contributed by atoms with Gasteiger partial charge in [0.15, 0.2) is 5.11 Å². The number of hydrogen-bond acceptors (Lipinski definition) is 2.